The predicted octanol–water partition coefficient (Wildman–Crippen LogP) is 4.47. The molecule has 158 valence electrons. The van der Waals surface area contributed by atoms with E-state index in [2.05, 4.69) is 54.4 Å². The minimum atomic E-state index is -0.161. The van der Waals surface area contributed by atoms with Crippen LogP contribution in [0.5, 0.6) is 0 Å². The van der Waals surface area contributed by atoms with E-state index in [0.29, 0.717) is 12.3 Å². The van der Waals surface area contributed by atoms with Crippen LogP contribution >= 0.6 is 0 Å². The van der Waals surface area contributed by atoms with Gasteiger partial charge < -0.3 is 14.5 Å². The van der Waals surface area contributed by atoms with E-state index in [-0.39, 0.29) is 11.9 Å². The summed E-state index contributed by atoms with van der Waals surface area (Å²) in [6.45, 7) is 11.8. The summed E-state index contributed by atoms with van der Waals surface area (Å²) >= 11 is 0. The lowest BCUT2D eigenvalue weighted by Crippen LogP contribution is -2.43. The summed E-state index contributed by atoms with van der Waals surface area (Å²) in [6.07, 6.45) is 0. The molecule has 2 heterocycles. The van der Waals surface area contributed by atoms with Gasteiger partial charge in [-0.2, -0.15) is 0 Å². The first-order chi connectivity index (χ1) is 14.4. The molecule has 2 aromatic carbocycles. The van der Waals surface area contributed by atoms with Gasteiger partial charge in [0.05, 0.1) is 19.3 Å². The molecule has 0 bridgehead atoms. The monoisotopic (exact) mass is 406 g/mol. The average molecular weight is 407 g/mol. The van der Waals surface area contributed by atoms with Gasteiger partial charge >= 0.3 is 0 Å². The number of ether oxygens (including phenoxy) is 1. The van der Waals surface area contributed by atoms with E-state index in [0.717, 1.165) is 54.0 Å². The summed E-state index contributed by atoms with van der Waals surface area (Å²) in [5.41, 5.74) is 6.38. The maximum absolute atomic E-state index is 13.1. The first-order valence-electron chi connectivity index (χ1n) is 10.6. The molecule has 1 unspecified atom stereocenters. The van der Waals surface area contributed by atoms with Crippen molar-refractivity contribution in [3.05, 3.63) is 70.0 Å². The van der Waals surface area contributed by atoms with Crippen molar-refractivity contribution in [2.75, 3.05) is 32.8 Å². The summed E-state index contributed by atoms with van der Waals surface area (Å²) in [5, 5.41) is 4.17. The lowest BCUT2D eigenvalue weighted by molar-refractivity contribution is 0.0161. The van der Waals surface area contributed by atoms with Gasteiger partial charge in [0.15, 0.2) is 5.76 Å². The third-order valence-corrected chi connectivity index (χ3v) is 5.98. The zero-order valence-electron chi connectivity index (χ0n) is 18.2. The third-order valence-electron chi connectivity index (χ3n) is 5.98. The highest BCUT2D eigenvalue weighted by atomic mass is 16.5. The van der Waals surface area contributed by atoms with E-state index in [1.807, 2.05) is 19.9 Å². The second kappa shape index (κ2) is 8.62. The Morgan fingerprint density at radius 3 is 2.43 bits per heavy atom. The van der Waals surface area contributed by atoms with Crippen LogP contribution in [0.3, 0.4) is 0 Å². The molecule has 3 aromatic rings. The Morgan fingerprint density at radius 2 is 1.73 bits per heavy atom. The minimum absolute atomic E-state index is 0.104. The van der Waals surface area contributed by atoms with Gasteiger partial charge in [-0.05, 0) is 50.5 Å². The number of hydrogen-bond donors (Lipinski definition) is 1. The molecule has 1 atom stereocenters. The van der Waals surface area contributed by atoms with Crippen LogP contribution in [0.4, 0.5) is 0 Å². The number of nitrogens with zero attached hydrogens (tertiary/aromatic N) is 1. The van der Waals surface area contributed by atoms with E-state index in [1.165, 1.54) is 11.1 Å². The second-order valence-electron chi connectivity index (χ2n) is 8.30. The molecule has 1 N–H and O–H groups in total. The number of carbonyl (C=O) groups is 1. The Bertz CT molecular complexity index is 1050. The quantitative estimate of drug-likeness (QED) is 0.679. The van der Waals surface area contributed by atoms with Gasteiger partial charge in [0.1, 0.15) is 5.58 Å². The molecule has 1 saturated heterocycles. The van der Waals surface area contributed by atoms with Gasteiger partial charge in [0, 0.05) is 30.6 Å². The Hall–Kier alpha value is -2.63. The number of amides is 1. The molecule has 5 heteroatoms. The highest BCUT2D eigenvalue weighted by Crippen LogP contribution is 2.29. The highest BCUT2D eigenvalue weighted by molar-refractivity contribution is 6.00. The number of hydrogen-bond acceptors (Lipinski definition) is 4. The smallest absolute Gasteiger partial charge is 0.287 e. The standard InChI is InChI=1S/C25H30N2O3/c1-16-5-7-20(8-6-16)21(27-9-11-29-12-10-27)15-26-25(28)24-19(4)23-18(3)13-17(2)14-22(23)30-24/h5-8,13-14,21H,9-12,15H2,1-4H3,(H,26,28). The Morgan fingerprint density at radius 1 is 1.03 bits per heavy atom. The Balaban J connectivity index is 1.56. The van der Waals surface area contributed by atoms with Crippen LogP contribution in [0.15, 0.2) is 40.8 Å². The fourth-order valence-electron chi connectivity index (χ4n) is 4.41. The van der Waals surface area contributed by atoms with Crippen LogP contribution in [0.2, 0.25) is 0 Å². The first kappa shape index (κ1) is 20.6. The van der Waals surface area contributed by atoms with Crippen molar-refractivity contribution in [1.29, 1.82) is 0 Å². The number of carbonyl (C=O) groups excluding carboxylic acids is 1. The number of aryl methyl sites for hydroxylation is 4. The Kier molecular flexibility index (Phi) is 5.93. The molecule has 1 fully saturated rings. The minimum Gasteiger partial charge on any atom is -0.451 e. The molecule has 30 heavy (non-hydrogen) atoms. The van der Waals surface area contributed by atoms with Gasteiger partial charge in [-0.1, -0.05) is 35.9 Å². The molecule has 0 aliphatic carbocycles. The number of benzene rings is 2. The Labute approximate surface area is 178 Å². The zero-order valence-corrected chi connectivity index (χ0v) is 18.2. The number of furan rings is 1. The topological polar surface area (TPSA) is 54.7 Å². The van der Waals surface area contributed by atoms with Gasteiger partial charge in [-0.25, -0.2) is 0 Å². The van der Waals surface area contributed by atoms with Crippen LogP contribution in [0.25, 0.3) is 11.0 Å². The van der Waals surface area contributed by atoms with E-state index in [4.69, 9.17) is 9.15 Å². The van der Waals surface area contributed by atoms with Crippen molar-refractivity contribution in [2.45, 2.75) is 33.7 Å². The van der Waals surface area contributed by atoms with Crippen LogP contribution in [0.1, 0.15) is 44.4 Å². The summed E-state index contributed by atoms with van der Waals surface area (Å²) in [5.74, 6) is 0.245. The van der Waals surface area contributed by atoms with E-state index >= 15 is 0 Å². The maximum atomic E-state index is 13.1. The van der Waals surface area contributed by atoms with E-state index in [1.54, 1.807) is 0 Å². The molecular weight excluding hydrogens is 376 g/mol. The lowest BCUT2D eigenvalue weighted by Gasteiger charge is -2.35. The van der Waals surface area contributed by atoms with E-state index < -0.39 is 0 Å². The number of morpholine rings is 1. The third kappa shape index (κ3) is 4.13. The molecule has 0 spiro atoms. The van der Waals surface area contributed by atoms with Crippen molar-refractivity contribution in [3.63, 3.8) is 0 Å². The van der Waals surface area contributed by atoms with Gasteiger partial charge in [0.2, 0.25) is 0 Å². The lowest BCUT2D eigenvalue weighted by atomic mass is 10.0. The van der Waals surface area contributed by atoms with E-state index in [9.17, 15) is 4.79 Å². The molecule has 1 aliphatic heterocycles. The van der Waals surface area contributed by atoms with Gasteiger partial charge in [0.25, 0.3) is 5.91 Å². The number of rotatable bonds is 5. The number of fused-ring (bicyclic) bond motifs is 1. The van der Waals surface area contributed by atoms with Crippen LogP contribution < -0.4 is 5.32 Å². The largest absolute Gasteiger partial charge is 0.451 e. The molecule has 1 aromatic heterocycles. The van der Waals surface area contributed by atoms with Gasteiger partial charge in [-0.15, -0.1) is 0 Å². The molecular formula is C25H30N2O3. The van der Waals surface area contributed by atoms with Crippen molar-refractivity contribution < 1.29 is 13.9 Å². The van der Waals surface area contributed by atoms with Gasteiger partial charge in [-0.3, -0.25) is 9.69 Å². The highest BCUT2D eigenvalue weighted by Gasteiger charge is 2.25. The molecule has 1 aliphatic rings. The second-order valence-corrected chi connectivity index (χ2v) is 8.30. The zero-order chi connectivity index (χ0) is 21.3. The summed E-state index contributed by atoms with van der Waals surface area (Å²) < 4.78 is 11.5. The molecule has 0 radical (unpaired) electrons. The van der Waals surface area contributed by atoms with Crippen molar-refractivity contribution >= 4 is 16.9 Å². The summed E-state index contributed by atoms with van der Waals surface area (Å²) in [4.78, 5) is 15.4. The normalized spacial score (nSPS) is 16.0. The van der Waals surface area contributed by atoms with Crippen LogP contribution in [0, 0.1) is 27.7 Å². The first-order valence-corrected chi connectivity index (χ1v) is 10.6. The van der Waals surface area contributed by atoms with Crippen molar-refractivity contribution in [1.82, 2.24) is 10.2 Å². The maximum Gasteiger partial charge on any atom is 0.287 e. The fourth-order valence-corrected chi connectivity index (χ4v) is 4.41. The molecule has 5 nitrogen and oxygen atoms in total. The predicted molar refractivity (Wildman–Crippen MR) is 119 cm³/mol. The van der Waals surface area contributed by atoms with Crippen molar-refractivity contribution in [3.8, 4) is 0 Å². The summed E-state index contributed by atoms with van der Waals surface area (Å²) in [7, 11) is 0. The fraction of sp³-hybridized carbons (Fsp3) is 0.400. The molecule has 0 saturated carbocycles. The SMILES string of the molecule is Cc1ccc(C(CNC(=O)c2oc3cc(C)cc(C)c3c2C)N2CCOCC2)cc1. The van der Waals surface area contributed by atoms with Crippen LogP contribution in [-0.2, 0) is 4.74 Å². The van der Waals surface area contributed by atoms with Crippen LogP contribution in [-0.4, -0.2) is 43.7 Å². The molecule has 4 rings (SSSR count). The van der Waals surface area contributed by atoms with Crippen molar-refractivity contribution in [2.24, 2.45) is 0 Å². The average Bonchev–Trinajstić information content (AvgIpc) is 3.06. The number of nitrogens with one attached hydrogen (secondary N) is 1. The summed E-state index contributed by atoms with van der Waals surface area (Å²) in [6, 6.07) is 12.8. The molecule has 1 amide bonds.